The van der Waals surface area contributed by atoms with Crippen molar-refractivity contribution in [3.05, 3.63) is 89.2 Å². The zero-order valence-electron chi connectivity index (χ0n) is 18.3. The van der Waals surface area contributed by atoms with Crippen LogP contribution in [0.4, 0.5) is 0 Å². The third-order valence-electron chi connectivity index (χ3n) is 5.47. The second-order valence-electron chi connectivity index (χ2n) is 8.30. The molecule has 0 unspecified atom stereocenters. The fourth-order valence-electron chi connectivity index (χ4n) is 3.63. The standard InChI is InChI=1S/C26H34N2O/c1-21(2)14-16-27(19-24-11-6-5-9-22(24)3)20-25-12-8-15-28(25)18-23-10-7-13-26(17-23)29-4/h5-13,15,17,21H,14,16,18-20H2,1-4H3. The lowest BCUT2D eigenvalue weighted by Gasteiger charge is -2.25. The van der Waals surface area contributed by atoms with Gasteiger partial charge in [0.2, 0.25) is 0 Å². The van der Waals surface area contributed by atoms with Gasteiger partial charge in [-0.15, -0.1) is 0 Å². The van der Waals surface area contributed by atoms with Gasteiger partial charge in [-0.05, 0) is 66.8 Å². The highest BCUT2D eigenvalue weighted by atomic mass is 16.5. The Morgan fingerprint density at radius 2 is 1.79 bits per heavy atom. The van der Waals surface area contributed by atoms with E-state index in [-0.39, 0.29) is 0 Å². The third kappa shape index (κ3) is 6.23. The summed E-state index contributed by atoms with van der Waals surface area (Å²) in [5.41, 5.74) is 5.40. The smallest absolute Gasteiger partial charge is 0.119 e. The Morgan fingerprint density at radius 3 is 2.55 bits per heavy atom. The second-order valence-corrected chi connectivity index (χ2v) is 8.30. The lowest BCUT2D eigenvalue weighted by atomic mass is 10.1. The summed E-state index contributed by atoms with van der Waals surface area (Å²) in [7, 11) is 1.72. The molecule has 0 N–H and O–H groups in total. The van der Waals surface area contributed by atoms with E-state index in [2.05, 4.69) is 91.0 Å². The fraction of sp³-hybridized carbons (Fsp3) is 0.385. The average molecular weight is 391 g/mol. The molecule has 3 aromatic rings. The van der Waals surface area contributed by atoms with Crippen LogP contribution in [-0.2, 0) is 19.6 Å². The van der Waals surface area contributed by atoms with Gasteiger partial charge in [0.15, 0.2) is 0 Å². The molecule has 1 aromatic heterocycles. The summed E-state index contributed by atoms with van der Waals surface area (Å²) in [5.74, 6) is 1.62. The lowest BCUT2D eigenvalue weighted by Crippen LogP contribution is -2.26. The lowest BCUT2D eigenvalue weighted by molar-refractivity contribution is 0.235. The minimum Gasteiger partial charge on any atom is -0.497 e. The molecule has 3 heteroatoms. The van der Waals surface area contributed by atoms with Crippen LogP contribution >= 0.6 is 0 Å². The highest BCUT2D eigenvalue weighted by Crippen LogP contribution is 2.18. The van der Waals surface area contributed by atoms with Crippen LogP contribution in [0.2, 0.25) is 0 Å². The molecule has 3 rings (SSSR count). The van der Waals surface area contributed by atoms with Gasteiger partial charge in [0.1, 0.15) is 5.75 Å². The van der Waals surface area contributed by atoms with Crippen LogP contribution in [0.25, 0.3) is 0 Å². The maximum Gasteiger partial charge on any atom is 0.119 e. The molecular weight excluding hydrogens is 356 g/mol. The number of benzene rings is 2. The van der Waals surface area contributed by atoms with Crippen molar-refractivity contribution in [1.82, 2.24) is 9.47 Å². The van der Waals surface area contributed by atoms with E-state index in [1.807, 2.05) is 6.07 Å². The summed E-state index contributed by atoms with van der Waals surface area (Å²) in [6.07, 6.45) is 3.39. The fourth-order valence-corrected chi connectivity index (χ4v) is 3.63. The molecule has 154 valence electrons. The monoisotopic (exact) mass is 390 g/mol. The summed E-state index contributed by atoms with van der Waals surface area (Å²) in [4.78, 5) is 2.58. The van der Waals surface area contributed by atoms with Crippen molar-refractivity contribution in [3.63, 3.8) is 0 Å². The molecule has 0 amide bonds. The molecule has 1 heterocycles. The van der Waals surface area contributed by atoms with Gasteiger partial charge in [-0.2, -0.15) is 0 Å². The molecule has 0 aliphatic rings. The van der Waals surface area contributed by atoms with E-state index in [0.29, 0.717) is 5.92 Å². The van der Waals surface area contributed by atoms with Crippen LogP contribution in [0.5, 0.6) is 5.75 Å². The Balaban J connectivity index is 1.75. The third-order valence-corrected chi connectivity index (χ3v) is 5.47. The zero-order chi connectivity index (χ0) is 20.6. The van der Waals surface area contributed by atoms with E-state index in [9.17, 15) is 0 Å². The first-order chi connectivity index (χ1) is 14.0. The topological polar surface area (TPSA) is 17.4 Å². The first-order valence-electron chi connectivity index (χ1n) is 10.6. The van der Waals surface area contributed by atoms with Gasteiger partial charge in [-0.25, -0.2) is 0 Å². The van der Waals surface area contributed by atoms with E-state index >= 15 is 0 Å². The van der Waals surface area contributed by atoms with Gasteiger partial charge in [0.05, 0.1) is 7.11 Å². The number of aromatic nitrogens is 1. The van der Waals surface area contributed by atoms with E-state index < -0.39 is 0 Å². The summed E-state index contributed by atoms with van der Waals surface area (Å²) >= 11 is 0. The van der Waals surface area contributed by atoms with Gasteiger partial charge in [0, 0.05) is 31.5 Å². The quantitative estimate of drug-likeness (QED) is 0.429. The van der Waals surface area contributed by atoms with Crippen LogP contribution in [0.1, 0.15) is 42.7 Å². The van der Waals surface area contributed by atoms with Crippen molar-refractivity contribution in [2.45, 2.75) is 46.8 Å². The Hall–Kier alpha value is -2.52. The van der Waals surface area contributed by atoms with E-state index in [1.165, 1.54) is 28.8 Å². The van der Waals surface area contributed by atoms with Crippen LogP contribution in [0.15, 0.2) is 66.9 Å². The van der Waals surface area contributed by atoms with Crippen LogP contribution in [-0.4, -0.2) is 23.1 Å². The molecule has 0 saturated heterocycles. The Bertz CT molecular complexity index is 897. The summed E-state index contributed by atoms with van der Waals surface area (Å²) in [5, 5.41) is 0. The number of nitrogens with zero attached hydrogens (tertiary/aromatic N) is 2. The van der Waals surface area contributed by atoms with Gasteiger partial charge in [-0.3, -0.25) is 4.90 Å². The molecule has 0 radical (unpaired) electrons. The van der Waals surface area contributed by atoms with Gasteiger partial charge < -0.3 is 9.30 Å². The predicted octanol–water partition coefficient (Wildman–Crippen LogP) is 5.90. The van der Waals surface area contributed by atoms with Crippen molar-refractivity contribution < 1.29 is 4.74 Å². The number of aryl methyl sites for hydroxylation is 1. The van der Waals surface area contributed by atoms with Gasteiger partial charge >= 0.3 is 0 Å². The maximum absolute atomic E-state index is 5.38. The zero-order valence-corrected chi connectivity index (χ0v) is 18.3. The molecule has 3 nitrogen and oxygen atoms in total. The first-order valence-corrected chi connectivity index (χ1v) is 10.6. The van der Waals surface area contributed by atoms with Crippen molar-refractivity contribution >= 4 is 0 Å². The van der Waals surface area contributed by atoms with E-state index in [4.69, 9.17) is 4.74 Å². The van der Waals surface area contributed by atoms with Crippen molar-refractivity contribution in [2.75, 3.05) is 13.7 Å². The molecule has 0 atom stereocenters. The number of hydrogen-bond acceptors (Lipinski definition) is 2. The predicted molar refractivity (Wildman–Crippen MR) is 121 cm³/mol. The molecule has 0 saturated carbocycles. The molecule has 0 fully saturated rings. The largest absolute Gasteiger partial charge is 0.497 e. The molecule has 0 spiro atoms. The van der Waals surface area contributed by atoms with Gasteiger partial charge in [0.25, 0.3) is 0 Å². The average Bonchev–Trinajstić information content (AvgIpc) is 3.14. The number of methoxy groups -OCH3 is 1. The highest BCUT2D eigenvalue weighted by molar-refractivity contribution is 5.29. The number of ether oxygens (including phenoxy) is 1. The Labute approximate surface area is 175 Å². The Kier molecular flexibility index (Phi) is 7.54. The normalized spacial score (nSPS) is 11.4. The van der Waals surface area contributed by atoms with Crippen LogP contribution in [0.3, 0.4) is 0 Å². The molecule has 0 aliphatic carbocycles. The van der Waals surface area contributed by atoms with Gasteiger partial charge in [-0.1, -0.05) is 50.2 Å². The molecule has 0 bridgehead atoms. The number of rotatable bonds is 10. The minimum atomic E-state index is 0.706. The molecule has 0 aliphatic heterocycles. The summed E-state index contributed by atoms with van der Waals surface area (Å²) in [6, 6.07) is 21.5. The van der Waals surface area contributed by atoms with Crippen molar-refractivity contribution in [3.8, 4) is 5.75 Å². The maximum atomic E-state index is 5.38. The second kappa shape index (κ2) is 10.3. The molecule has 2 aromatic carbocycles. The summed E-state index contributed by atoms with van der Waals surface area (Å²) < 4.78 is 7.74. The van der Waals surface area contributed by atoms with Crippen LogP contribution in [0, 0.1) is 12.8 Å². The number of hydrogen-bond donors (Lipinski definition) is 0. The SMILES string of the molecule is COc1cccc(Cn2cccc2CN(CCC(C)C)Cc2ccccc2C)c1. The van der Waals surface area contributed by atoms with E-state index in [0.717, 1.165) is 31.9 Å². The van der Waals surface area contributed by atoms with Crippen molar-refractivity contribution in [1.29, 1.82) is 0 Å². The van der Waals surface area contributed by atoms with E-state index in [1.54, 1.807) is 7.11 Å². The molecular formula is C26H34N2O. The van der Waals surface area contributed by atoms with Crippen LogP contribution < -0.4 is 4.74 Å². The molecule has 29 heavy (non-hydrogen) atoms. The highest BCUT2D eigenvalue weighted by Gasteiger charge is 2.12. The minimum absolute atomic E-state index is 0.706. The summed E-state index contributed by atoms with van der Waals surface area (Å²) in [6.45, 7) is 10.7. The first kappa shape index (κ1) is 21.2. The Morgan fingerprint density at radius 1 is 0.966 bits per heavy atom. The van der Waals surface area contributed by atoms with Crippen molar-refractivity contribution in [2.24, 2.45) is 5.92 Å².